The highest BCUT2D eigenvalue weighted by molar-refractivity contribution is 5.79. The van der Waals surface area contributed by atoms with Crippen molar-refractivity contribution in [1.82, 2.24) is 9.80 Å². The summed E-state index contributed by atoms with van der Waals surface area (Å²) < 4.78 is 10.8. The Kier molecular flexibility index (Phi) is 6.41. The molecule has 1 amide bonds. The quantitative estimate of drug-likeness (QED) is 0.779. The van der Waals surface area contributed by atoms with E-state index in [2.05, 4.69) is 22.8 Å². The Balaban J connectivity index is 1.68. The van der Waals surface area contributed by atoms with Crippen LogP contribution in [0.15, 0.2) is 18.2 Å². The van der Waals surface area contributed by atoms with Crippen LogP contribution in [-0.2, 0) is 4.79 Å². The first kappa shape index (κ1) is 19.0. The number of piperidine rings is 1. The third kappa shape index (κ3) is 4.14. The van der Waals surface area contributed by atoms with Gasteiger partial charge in [-0.05, 0) is 55.8 Å². The summed E-state index contributed by atoms with van der Waals surface area (Å²) in [6, 6.07) is 6.16. The second-order valence-electron chi connectivity index (χ2n) is 7.51. The molecule has 0 N–H and O–H groups in total. The minimum absolute atomic E-state index is 0.147. The predicted molar refractivity (Wildman–Crippen MR) is 103 cm³/mol. The number of methoxy groups -OCH3 is 2. The van der Waals surface area contributed by atoms with Crippen LogP contribution in [0.2, 0.25) is 0 Å². The van der Waals surface area contributed by atoms with Crippen LogP contribution < -0.4 is 9.47 Å². The number of benzene rings is 1. The molecule has 5 nitrogen and oxygen atoms in total. The number of carbonyl (C=O) groups is 1. The minimum Gasteiger partial charge on any atom is -0.493 e. The van der Waals surface area contributed by atoms with Gasteiger partial charge < -0.3 is 14.4 Å². The number of likely N-dealkylation sites (tertiary alicyclic amines) is 2. The van der Waals surface area contributed by atoms with Crippen molar-refractivity contribution < 1.29 is 14.3 Å². The van der Waals surface area contributed by atoms with E-state index in [0.29, 0.717) is 6.54 Å². The third-order valence-electron chi connectivity index (χ3n) is 5.90. The molecule has 3 rings (SSSR count). The summed E-state index contributed by atoms with van der Waals surface area (Å²) in [6.07, 6.45) is 5.80. The van der Waals surface area contributed by atoms with E-state index in [9.17, 15) is 4.79 Å². The number of rotatable bonds is 6. The van der Waals surface area contributed by atoms with Crippen molar-refractivity contribution >= 4 is 5.91 Å². The van der Waals surface area contributed by atoms with Gasteiger partial charge in [-0.1, -0.05) is 19.4 Å². The smallest absolute Gasteiger partial charge is 0.237 e. The molecule has 0 spiro atoms. The zero-order valence-electron chi connectivity index (χ0n) is 16.4. The molecule has 0 aliphatic carbocycles. The highest BCUT2D eigenvalue weighted by atomic mass is 16.5. The van der Waals surface area contributed by atoms with Crippen LogP contribution in [0, 0.1) is 5.92 Å². The Hall–Kier alpha value is -1.75. The van der Waals surface area contributed by atoms with Crippen molar-refractivity contribution in [3.63, 3.8) is 0 Å². The van der Waals surface area contributed by atoms with E-state index in [1.165, 1.54) is 19.3 Å². The zero-order valence-corrected chi connectivity index (χ0v) is 16.4. The van der Waals surface area contributed by atoms with E-state index in [1.807, 2.05) is 12.1 Å². The van der Waals surface area contributed by atoms with Gasteiger partial charge in [0.2, 0.25) is 5.91 Å². The normalized spacial score (nSPS) is 23.9. The van der Waals surface area contributed by atoms with Gasteiger partial charge in [-0.25, -0.2) is 0 Å². The van der Waals surface area contributed by atoms with Gasteiger partial charge in [0.15, 0.2) is 11.5 Å². The number of amides is 1. The first-order valence-electron chi connectivity index (χ1n) is 9.90. The lowest BCUT2D eigenvalue weighted by Crippen LogP contribution is -2.44. The fourth-order valence-corrected chi connectivity index (χ4v) is 4.38. The van der Waals surface area contributed by atoms with Crippen molar-refractivity contribution in [2.45, 2.75) is 45.1 Å². The predicted octanol–water partition coefficient (Wildman–Crippen LogP) is 3.49. The molecular weight excluding hydrogens is 328 g/mol. The van der Waals surface area contributed by atoms with E-state index in [4.69, 9.17) is 9.47 Å². The maximum Gasteiger partial charge on any atom is 0.237 e. The number of hydrogen-bond acceptors (Lipinski definition) is 4. The van der Waals surface area contributed by atoms with Crippen molar-refractivity contribution in [3.05, 3.63) is 23.8 Å². The van der Waals surface area contributed by atoms with Crippen molar-refractivity contribution in [2.24, 2.45) is 5.92 Å². The lowest BCUT2D eigenvalue weighted by Gasteiger charge is -2.34. The van der Waals surface area contributed by atoms with Crippen LogP contribution in [0.1, 0.15) is 50.6 Å². The Morgan fingerprint density at radius 1 is 1.12 bits per heavy atom. The average molecular weight is 360 g/mol. The standard InChI is InChI=1S/C21H32N2O3/c1-4-16-7-5-11-22(14-16)15-21(24)23-12-6-8-18(23)17-9-10-19(25-2)20(13-17)26-3/h9-10,13,16,18H,4-8,11-12,14-15H2,1-3H3. The first-order valence-corrected chi connectivity index (χ1v) is 9.90. The molecule has 2 aliphatic heterocycles. The molecule has 2 atom stereocenters. The molecule has 2 unspecified atom stereocenters. The largest absolute Gasteiger partial charge is 0.493 e. The van der Waals surface area contributed by atoms with Crippen LogP contribution in [0.4, 0.5) is 0 Å². The van der Waals surface area contributed by atoms with Crippen molar-refractivity contribution in [3.8, 4) is 11.5 Å². The molecule has 144 valence electrons. The van der Waals surface area contributed by atoms with Crippen LogP contribution >= 0.6 is 0 Å². The van der Waals surface area contributed by atoms with Gasteiger partial charge in [-0.15, -0.1) is 0 Å². The highest BCUT2D eigenvalue weighted by Gasteiger charge is 2.32. The second kappa shape index (κ2) is 8.76. The number of ether oxygens (including phenoxy) is 2. The molecule has 0 bridgehead atoms. The lowest BCUT2D eigenvalue weighted by atomic mass is 9.95. The summed E-state index contributed by atoms with van der Waals surface area (Å²) in [4.78, 5) is 17.4. The molecule has 2 heterocycles. The average Bonchev–Trinajstić information content (AvgIpc) is 3.17. The fourth-order valence-electron chi connectivity index (χ4n) is 4.38. The second-order valence-corrected chi connectivity index (χ2v) is 7.51. The zero-order chi connectivity index (χ0) is 18.5. The van der Waals surface area contributed by atoms with E-state index < -0.39 is 0 Å². The highest BCUT2D eigenvalue weighted by Crippen LogP contribution is 2.37. The first-order chi connectivity index (χ1) is 12.7. The summed E-state index contributed by atoms with van der Waals surface area (Å²) in [6.45, 7) is 5.78. The Morgan fingerprint density at radius 3 is 2.62 bits per heavy atom. The molecule has 2 fully saturated rings. The summed E-state index contributed by atoms with van der Waals surface area (Å²) in [5.41, 5.74) is 1.14. The molecule has 0 radical (unpaired) electrons. The molecule has 1 aromatic rings. The molecule has 2 aliphatic rings. The lowest BCUT2D eigenvalue weighted by molar-refractivity contribution is -0.133. The summed E-state index contributed by atoms with van der Waals surface area (Å²) >= 11 is 0. The van der Waals surface area contributed by atoms with Crippen LogP contribution in [0.5, 0.6) is 11.5 Å². The van der Waals surface area contributed by atoms with Crippen molar-refractivity contribution in [1.29, 1.82) is 0 Å². The number of hydrogen-bond donors (Lipinski definition) is 0. The summed E-state index contributed by atoms with van der Waals surface area (Å²) in [7, 11) is 3.30. The summed E-state index contributed by atoms with van der Waals surface area (Å²) in [5.74, 6) is 2.47. The van der Waals surface area contributed by atoms with Crippen LogP contribution in [0.3, 0.4) is 0 Å². The van der Waals surface area contributed by atoms with Gasteiger partial charge in [-0.3, -0.25) is 9.69 Å². The van der Waals surface area contributed by atoms with E-state index in [1.54, 1.807) is 14.2 Å². The van der Waals surface area contributed by atoms with Gasteiger partial charge in [-0.2, -0.15) is 0 Å². The molecule has 26 heavy (non-hydrogen) atoms. The topological polar surface area (TPSA) is 42.0 Å². The monoisotopic (exact) mass is 360 g/mol. The Bertz CT molecular complexity index is 619. The molecular formula is C21H32N2O3. The van der Waals surface area contributed by atoms with Gasteiger partial charge in [0.1, 0.15) is 0 Å². The Labute approximate surface area is 157 Å². The maximum atomic E-state index is 13.0. The van der Waals surface area contributed by atoms with E-state index >= 15 is 0 Å². The fraction of sp³-hybridized carbons (Fsp3) is 0.667. The van der Waals surface area contributed by atoms with Gasteiger partial charge in [0.25, 0.3) is 0 Å². The SMILES string of the molecule is CCC1CCCN(CC(=O)N2CCCC2c2ccc(OC)c(OC)c2)C1. The number of nitrogens with zero attached hydrogens (tertiary/aromatic N) is 2. The number of carbonyl (C=O) groups excluding carboxylic acids is 1. The van der Waals surface area contributed by atoms with Gasteiger partial charge >= 0.3 is 0 Å². The molecule has 0 aromatic heterocycles. The van der Waals surface area contributed by atoms with Crippen molar-refractivity contribution in [2.75, 3.05) is 40.4 Å². The van der Waals surface area contributed by atoms with E-state index in [-0.39, 0.29) is 11.9 Å². The summed E-state index contributed by atoms with van der Waals surface area (Å²) in [5, 5.41) is 0. The van der Waals surface area contributed by atoms with Gasteiger partial charge in [0.05, 0.1) is 26.8 Å². The minimum atomic E-state index is 0.147. The van der Waals surface area contributed by atoms with Crippen LogP contribution in [0.25, 0.3) is 0 Å². The Morgan fingerprint density at radius 2 is 1.88 bits per heavy atom. The van der Waals surface area contributed by atoms with Crippen LogP contribution in [-0.4, -0.2) is 56.1 Å². The molecule has 2 saturated heterocycles. The molecule has 0 saturated carbocycles. The third-order valence-corrected chi connectivity index (χ3v) is 5.90. The van der Waals surface area contributed by atoms with E-state index in [0.717, 1.165) is 55.5 Å². The van der Waals surface area contributed by atoms with Gasteiger partial charge in [0, 0.05) is 13.1 Å². The molecule has 1 aromatic carbocycles. The molecule has 5 heteroatoms. The maximum absolute atomic E-state index is 13.0.